The number of nitrogens with zero attached hydrogens (tertiary/aromatic N) is 2. The molecule has 1 N–H and O–H groups in total. The van der Waals surface area contributed by atoms with Gasteiger partial charge in [0.15, 0.2) is 0 Å². The van der Waals surface area contributed by atoms with Crippen LogP contribution in [0.3, 0.4) is 0 Å². The van der Waals surface area contributed by atoms with E-state index in [2.05, 4.69) is 15.4 Å². The summed E-state index contributed by atoms with van der Waals surface area (Å²) in [6.07, 6.45) is 1.22. The number of carbonyl (C=O) groups excluding carboxylic acids is 1. The molecule has 1 aliphatic rings. The molecule has 150 valence electrons. The molecule has 1 aromatic heterocycles. The van der Waals surface area contributed by atoms with Gasteiger partial charge >= 0.3 is 0 Å². The number of amides is 1. The summed E-state index contributed by atoms with van der Waals surface area (Å²) in [5, 5.41) is 7.01. The van der Waals surface area contributed by atoms with Crippen molar-refractivity contribution < 1.29 is 13.7 Å². The molecular weight excluding hydrogens is 369 g/mol. The van der Waals surface area contributed by atoms with Gasteiger partial charge < -0.3 is 9.84 Å². The maximum absolute atomic E-state index is 13.2. The van der Waals surface area contributed by atoms with E-state index in [0.29, 0.717) is 25.3 Å². The van der Waals surface area contributed by atoms with Gasteiger partial charge in [-0.2, -0.15) is 0 Å². The van der Waals surface area contributed by atoms with Gasteiger partial charge in [-0.3, -0.25) is 9.69 Å². The number of nitrogens with one attached hydrogen (secondary N) is 1. The molecule has 2 aromatic carbocycles. The van der Waals surface area contributed by atoms with Gasteiger partial charge in [-0.05, 0) is 30.7 Å². The van der Waals surface area contributed by atoms with Crippen molar-refractivity contribution in [3.63, 3.8) is 0 Å². The van der Waals surface area contributed by atoms with Crippen molar-refractivity contribution in [3.8, 4) is 11.3 Å². The first-order chi connectivity index (χ1) is 14.1. The van der Waals surface area contributed by atoms with Crippen LogP contribution < -0.4 is 5.32 Å². The van der Waals surface area contributed by atoms with Crippen LogP contribution in [0.4, 0.5) is 4.39 Å². The van der Waals surface area contributed by atoms with Gasteiger partial charge in [-0.1, -0.05) is 47.6 Å². The van der Waals surface area contributed by atoms with E-state index < -0.39 is 5.41 Å². The fraction of sp³-hybridized carbons (Fsp3) is 0.304. The predicted molar refractivity (Wildman–Crippen MR) is 108 cm³/mol. The molecular formula is C23H24FN3O2. The average molecular weight is 393 g/mol. The fourth-order valence-electron chi connectivity index (χ4n) is 4.09. The average Bonchev–Trinajstić information content (AvgIpc) is 3.38. The maximum atomic E-state index is 13.2. The lowest BCUT2D eigenvalue weighted by Crippen LogP contribution is -2.43. The number of benzene rings is 2. The fourth-order valence-corrected chi connectivity index (χ4v) is 4.09. The second-order valence-electron chi connectivity index (χ2n) is 7.67. The zero-order valence-corrected chi connectivity index (χ0v) is 16.4. The minimum atomic E-state index is -0.567. The molecule has 3 aromatic rings. The molecule has 0 saturated carbocycles. The monoisotopic (exact) mass is 393 g/mol. The Morgan fingerprint density at radius 3 is 2.69 bits per heavy atom. The van der Waals surface area contributed by atoms with Gasteiger partial charge in [0.2, 0.25) is 5.91 Å². The van der Waals surface area contributed by atoms with Crippen LogP contribution in [0.2, 0.25) is 0 Å². The van der Waals surface area contributed by atoms with Crippen LogP contribution >= 0.6 is 0 Å². The zero-order valence-electron chi connectivity index (χ0n) is 16.4. The van der Waals surface area contributed by atoms with Crippen LogP contribution in [0.15, 0.2) is 65.2 Å². The lowest BCUT2D eigenvalue weighted by molar-refractivity contribution is -0.130. The van der Waals surface area contributed by atoms with E-state index in [1.54, 1.807) is 19.2 Å². The first-order valence-corrected chi connectivity index (χ1v) is 9.78. The SMILES string of the molecule is CNC(=O)C1(Cc2cc(-c3ccccc3)no2)CCN(Cc2ccc(F)cc2)C1. The van der Waals surface area contributed by atoms with E-state index in [4.69, 9.17) is 4.52 Å². The van der Waals surface area contributed by atoms with Crippen molar-refractivity contribution >= 4 is 5.91 Å². The van der Waals surface area contributed by atoms with Crippen molar-refractivity contribution in [2.75, 3.05) is 20.1 Å². The summed E-state index contributed by atoms with van der Waals surface area (Å²) in [6, 6.07) is 18.3. The van der Waals surface area contributed by atoms with Gasteiger partial charge in [0, 0.05) is 38.2 Å². The first-order valence-electron chi connectivity index (χ1n) is 9.78. The van der Waals surface area contributed by atoms with Gasteiger partial charge in [-0.25, -0.2) is 4.39 Å². The highest BCUT2D eigenvalue weighted by molar-refractivity contribution is 5.83. The number of likely N-dealkylation sites (tertiary alicyclic amines) is 1. The Balaban J connectivity index is 1.50. The van der Waals surface area contributed by atoms with Gasteiger partial charge in [-0.15, -0.1) is 0 Å². The van der Waals surface area contributed by atoms with Crippen LogP contribution in [-0.2, 0) is 17.8 Å². The quantitative estimate of drug-likeness (QED) is 0.694. The molecule has 1 saturated heterocycles. The Hall–Kier alpha value is -2.99. The molecule has 0 aliphatic carbocycles. The van der Waals surface area contributed by atoms with Crippen LogP contribution in [0.5, 0.6) is 0 Å². The molecule has 4 rings (SSSR count). The number of hydrogen-bond acceptors (Lipinski definition) is 4. The molecule has 2 heterocycles. The first kappa shape index (κ1) is 19.3. The highest BCUT2D eigenvalue weighted by Gasteiger charge is 2.45. The summed E-state index contributed by atoms with van der Waals surface area (Å²) in [5.41, 5.74) is 2.22. The summed E-state index contributed by atoms with van der Waals surface area (Å²) in [4.78, 5) is 15.0. The third kappa shape index (κ3) is 4.22. The molecule has 0 radical (unpaired) electrons. The number of halogens is 1. The van der Waals surface area contributed by atoms with E-state index in [1.807, 2.05) is 36.4 Å². The molecule has 1 fully saturated rings. The van der Waals surface area contributed by atoms with Crippen molar-refractivity contribution in [3.05, 3.63) is 77.8 Å². The van der Waals surface area contributed by atoms with E-state index in [0.717, 1.165) is 29.8 Å². The van der Waals surface area contributed by atoms with Crippen molar-refractivity contribution in [1.82, 2.24) is 15.4 Å². The summed E-state index contributed by atoms with van der Waals surface area (Å²) in [6.45, 7) is 2.10. The van der Waals surface area contributed by atoms with E-state index in [9.17, 15) is 9.18 Å². The second-order valence-corrected chi connectivity index (χ2v) is 7.67. The van der Waals surface area contributed by atoms with E-state index in [1.165, 1.54) is 12.1 Å². The van der Waals surface area contributed by atoms with Crippen molar-refractivity contribution in [1.29, 1.82) is 0 Å². The van der Waals surface area contributed by atoms with Crippen molar-refractivity contribution in [2.45, 2.75) is 19.4 Å². The minimum Gasteiger partial charge on any atom is -0.361 e. The van der Waals surface area contributed by atoms with Crippen LogP contribution in [-0.4, -0.2) is 36.1 Å². The Morgan fingerprint density at radius 2 is 1.97 bits per heavy atom. The number of aromatic nitrogens is 1. The lowest BCUT2D eigenvalue weighted by Gasteiger charge is -2.26. The lowest BCUT2D eigenvalue weighted by atomic mass is 9.81. The molecule has 0 bridgehead atoms. The molecule has 29 heavy (non-hydrogen) atoms. The Bertz CT molecular complexity index is 971. The summed E-state index contributed by atoms with van der Waals surface area (Å²) in [5.74, 6) is 0.474. The molecule has 6 heteroatoms. The predicted octanol–water partition coefficient (Wildman–Crippen LogP) is 3.66. The summed E-state index contributed by atoms with van der Waals surface area (Å²) < 4.78 is 18.7. The normalized spacial score (nSPS) is 19.4. The Labute approximate surface area is 169 Å². The standard InChI is InChI=1S/C23H24FN3O2/c1-25-22(28)23(11-12-27(16-23)15-17-7-9-19(24)10-8-17)14-20-13-21(26-29-20)18-5-3-2-4-6-18/h2-10,13H,11-12,14-16H2,1H3,(H,25,28). The van der Waals surface area contributed by atoms with Crippen LogP contribution in [0.25, 0.3) is 11.3 Å². The largest absolute Gasteiger partial charge is 0.361 e. The van der Waals surface area contributed by atoms with E-state index in [-0.39, 0.29) is 11.7 Å². The van der Waals surface area contributed by atoms with Gasteiger partial charge in [0.05, 0.1) is 5.41 Å². The topological polar surface area (TPSA) is 58.4 Å². The van der Waals surface area contributed by atoms with E-state index >= 15 is 0 Å². The van der Waals surface area contributed by atoms with Crippen molar-refractivity contribution in [2.24, 2.45) is 5.41 Å². The number of carbonyl (C=O) groups is 1. The third-order valence-electron chi connectivity index (χ3n) is 5.60. The second kappa shape index (κ2) is 8.17. The summed E-state index contributed by atoms with van der Waals surface area (Å²) in [7, 11) is 1.67. The molecule has 0 spiro atoms. The minimum absolute atomic E-state index is 0.0109. The van der Waals surface area contributed by atoms with Crippen LogP contribution in [0, 0.1) is 11.2 Å². The Morgan fingerprint density at radius 1 is 1.21 bits per heavy atom. The zero-order chi connectivity index (χ0) is 20.3. The highest BCUT2D eigenvalue weighted by Crippen LogP contribution is 2.36. The molecule has 1 unspecified atom stereocenters. The molecule has 1 aliphatic heterocycles. The molecule has 1 atom stereocenters. The van der Waals surface area contributed by atoms with Crippen LogP contribution in [0.1, 0.15) is 17.7 Å². The smallest absolute Gasteiger partial charge is 0.227 e. The van der Waals surface area contributed by atoms with Gasteiger partial charge in [0.1, 0.15) is 17.3 Å². The molecule has 1 amide bonds. The molecule has 5 nitrogen and oxygen atoms in total. The van der Waals surface area contributed by atoms with Gasteiger partial charge in [0.25, 0.3) is 0 Å². The summed E-state index contributed by atoms with van der Waals surface area (Å²) >= 11 is 0. The number of rotatable bonds is 6. The maximum Gasteiger partial charge on any atom is 0.227 e. The number of hydrogen-bond donors (Lipinski definition) is 1. The Kier molecular flexibility index (Phi) is 5.45. The third-order valence-corrected chi connectivity index (χ3v) is 5.60. The highest BCUT2D eigenvalue weighted by atomic mass is 19.1.